The molecule has 0 unspecified atom stereocenters. The van der Waals surface area contributed by atoms with Gasteiger partial charge in [-0.25, -0.2) is 0 Å². The molecule has 0 radical (unpaired) electrons. The SMILES string of the molecule is COC(=O)CC(=O)c1ccccc1C#N. The molecule has 4 nitrogen and oxygen atoms in total. The Bertz CT molecular complexity index is 432. The highest BCUT2D eigenvalue weighted by Gasteiger charge is 2.14. The fraction of sp³-hybridized carbons (Fsp3) is 0.182. The molecule has 1 rings (SSSR count). The summed E-state index contributed by atoms with van der Waals surface area (Å²) in [5.41, 5.74) is 0.525. The van der Waals surface area contributed by atoms with E-state index in [9.17, 15) is 9.59 Å². The van der Waals surface area contributed by atoms with Crippen molar-refractivity contribution in [2.45, 2.75) is 6.42 Å². The maximum Gasteiger partial charge on any atom is 0.313 e. The summed E-state index contributed by atoms with van der Waals surface area (Å²) >= 11 is 0. The van der Waals surface area contributed by atoms with Gasteiger partial charge in [0.05, 0.1) is 18.7 Å². The van der Waals surface area contributed by atoms with Crippen LogP contribution in [0.3, 0.4) is 0 Å². The first-order chi connectivity index (χ1) is 7.19. The maximum absolute atomic E-state index is 11.5. The van der Waals surface area contributed by atoms with Gasteiger partial charge in [0.2, 0.25) is 0 Å². The number of ketones is 1. The molecule has 0 saturated carbocycles. The van der Waals surface area contributed by atoms with Crippen LogP contribution in [0.1, 0.15) is 22.3 Å². The van der Waals surface area contributed by atoms with E-state index >= 15 is 0 Å². The molecular weight excluding hydrogens is 194 g/mol. The first kappa shape index (κ1) is 10.9. The maximum atomic E-state index is 11.5. The Hall–Kier alpha value is -2.15. The molecular formula is C11H9NO3. The summed E-state index contributed by atoms with van der Waals surface area (Å²) in [6.45, 7) is 0. The highest BCUT2D eigenvalue weighted by Crippen LogP contribution is 2.10. The molecule has 0 aliphatic heterocycles. The molecule has 0 atom stereocenters. The molecule has 0 spiro atoms. The lowest BCUT2D eigenvalue weighted by Gasteiger charge is -2.01. The number of benzene rings is 1. The largest absolute Gasteiger partial charge is 0.469 e. The van der Waals surface area contributed by atoms with E-state index in [-0.39, 0.29) is 17.5 Å². The van der Waals surface area contributed by atoms with Crippen LogP contribution >= 0.6 is 0 Å². The quantitative estimate of drug-likeness (QED) is 0.422. The lowest BCUT2D eigenvalue weighted by Crippen LogP contribution is -2.10. The third-order valence-electron chi connectivity index (χ3n) is 1.88. The van der Waals surface area contributed by atoms with Gasteiger partial charge in [-0.1, -0.05) is 18.2 Å². The van der Waals surface area contributed by atoms with Crippen molar-refractivity contribution in [1.29, 1.82) is 5.26 Å². The normalized spacial score (nSPS) is 9.07. The molecule has 76 valence electrons. The second-order valence-corrected chi connectivity index (χ2v) is 2.83. The Balaban J connectivity index is 2.92. The molecule has 1 aromatic rings. The minimum absolute atomic E-state index is 0.255. The van der Waals surface area contributed by atoms with Gasteiger partial charge in [-0.2, -0.15) is 5.26 Å². The summed E-state index contributed by atoms with van der Waals surface area (Å²) in [4.78, 5) is 22.4. The number of nitrogens with zero attached hydrogens (tertiary/aromatic N) is 1. The molecule has 0 saturated heterocycles. The second-order valence-electron chi connectivity index (χ2n) is 2.83. The summed E-state index contributed by atoms with van der Waals surface area (Å²) in [6, 6.07) is 8.25. The molecule has 0 bridgehead atoms. The van der Waals surface area contributed by atoms with Gasteiger partial charge in [0.1, 0.15) is 6.42 Å². The van der Waals surface area contributed by atoms with Gasteiger partial charge in [0.15, 0.2) is 5.78 Å². The summed E-state index contributed by atoms with van der Waals surface area (Å²) < 4.78 is 4.37. The Labute approximate surface area is 87.1 Å². The number of ether oxygens (including phenoxy) is 1. The number of carbonyl (C=O) groups excluding carboxylic acids is 2. The topological polar surface area (TPSA) is 67.2 Å². The van der Waals surface area contributed by atoms with Crippen LogP contribution in [0.15, 0.2) is 24.3 Å². The Kier molecular flexibility index (Phi) is 3.58. The predicted molar refractivity (Wildman–Crippen MR) is 52.1 cm³/mol. The fourth-order valence-corrected chi connectivity index (χ4v) is 1.12. The molecule has 0 amide bonds. The van der Waals surface area contributed by atoms with Crippen molar-refractivity contribution < 1.29 is 14.3 Å². The van der Waals surface area contributed by atoms with Crippen molar-refractivity contribution >= 4 is 11.8 Å². The van der Waals surface area contributed by atoms with Crippen molar-refractivity contribution in [3.63, 3.8) is 0 Å². The minimum Gasteiger partial charge on any atom is -0.469 e. The van der Waals surface area contributed by atoms with Crippen molar-refractivity contribution in [2.24, 2.45) is 0 Å². The predicted octanol–water partition coefficient (Wildman–Crippen LogP) is 1.30. The summed E-state index contributed by atoms with van der Waals surface area (Å²) in [6.07, 6.45) is -0.338. The van der Waals surface area contributed by atoms with Crippen molar-refractivity contribution in [3.05, 3.63) is 35.4 Å². The van der Waals surface area contributed by atoms with Gasteiger partial charge in [-0.3, -0.25) is 9.59 Å². The molecule has 0 heterocycles. The molecule has 0 N–H and O–H groups in total. The van der Waals surface area contributed by atoms with Gasteiger partial charge in [0.25, 0.3) is 0 Å². The fourth-order valence-electron chi connectivity index (χ4n) is 1.12. The Morgan fingerprint density at radius 1 is 1.40 bits per heavy atom. The average molecular weight is 203 g/mol. The lowest BCUT2D eigenvalue weighted by molar-refractivity contribution is -0.139. The van der Waals surface area contributed by atoms with Crippen LogP contribution in [-0.2, 0) is 9.53 Å². The van der Waals surface area contributed by atoms with Gasteiger partial charge < -0.3 is 4.74 Å². The number of methoxy groups -OCH3 is 1. The highest BCUT2D eigenvalue weighted by molar-refractivity contribution is 6.07. The van der Waals surface area contributed by atoms with Crippen LogP contribution in [-0.4, -0.2) is 18.9 Å². The number of esters is 1. The molecule has 0 aliphatic carbocycles. The second kappa shape index (κ2) is 4.91. The van der Waals surface area contributed by atoms with Crippen LogP contribution in [0.2, 0.25) is 0 Å². The van der Waals surface area contributed by atoms with Crippen molar-refractivity contribution in [3.8, 4) is 6.07 Å². The Morgan fingerprint density at radius 3 is 2.67 bits per heavy atom. The van der Waals surface area contributed by atoms with Crippen LogP contribution in [0.5, 0.6) is 0 Å². The third kappa shape index (κ3) is 2.64. The van der Waals surface area contributed by atoms with Crippen molar-refractivity contribution in [2.75, 3.05) is 7.11 Å². The van der Waals surface area contributed by atoms with Gasteiger partial charge in [-0.05, 0) is 6.07 Å². The zero-order valence-corrected chi connectivity index (χ0v) is 8.19. The van der Waals surface area contributed by atoms with E-state index in [2.05, 4.69) is 4.74 Å². The summed E-state index contributed by atoms with van der Waals surface area (Å²) in [7, 11) is 1.21. The molecule has 0 aromatic heterocycles. The monoisotopic (exact) mass is 203 g/mol. The van der Waals surface area contributed by atoms with E-state index in [0.29, 0.717) is 0 Å². The standard InChI is InChI=1S/C11H9NO3/c1-15-11(14)6-10(13)9-5-3-2-4-8(9)7-12/h2-5H,6H2,1H3. The van der Waals surface area contributed by atoms with E-state index in [1.807, 2.05) is 6.07 Å². The number of hydrogen-bond acceptors (Lipinski definition) is 4. The Morgan fingerprint density at radius 2 is 2.07 bits per heavy atom. The van der Waals surface area contributed by atoms with Crippen LogP contribution in [0, 0.1) is 11.3 Å². The first-order valence-corrected chi connectivity index (χ1v) is 4.28. The summed E-state index contributed by atoms with van der Waals surface area (Å²) in [5.74, 6) is -1.01. The van der Waals surface area contributed by atoms with Crippen molar-refractivity contribution in [1.82, 2.24) is 0 Å². The minimum atomic E-state index is -0.604. The summed E-state index contributed by atoms with van der Waals surface area (Å²) in [5, 5.41) is 8.74. The molecule has 0 aliphatic rings. The van der Waals surface area contributed by atoms with Crippen LogP contribution in [0.4, 0.5) is 0 Å². The first-order valence-electron chi connectivity index (χ1n) is 4.28. The van der Waals surface area contributed by atoms with E-state index in [1.165, 1.54) is 19.2 Å². The number of carbonyl (C=O) groups is 2. The zero-order valence-electron chi connectivity index (χ0n) is 8.19. The number of rotatable bonds is 3. The third-order valence-corrected chi connectivity index (χ3v) is 1.88. The smallest absolute Gasteiger partial charge is 0.313 e. The number of nitriles is 1. The zero-order chi connectivity index (χ0) is 11.3. The van der Waals surface area contributed by atoms with Gasteiger partial charge >= 0.3 is 5.97 Å². The number of Topliss-reactive ketones (excluding diaryl/α,β-unsaturated/α-hetero) is 1. The van der Waals surface area contributed by atoms with Crippen LogP contribution in [0.25, 0.3) is 0 Å². The average Bonchev–Trinajstić information content (AvgIpc) is 2.28. The number of hydrogen-bond donors (Lipinski definition) is 0. The molecule has 15 heavy (non-hydrogen) atoms. The molecule has 0 fully saturated rings. The highest BCUT2D eigenvalue weighted by atomic mass is 16.5. The van der Waals surface area contributed by atoms with E-state index < -0.39 is 11.8 Å². The van der Waals surface area contributed by atoms with E-state index in [0.717, 1.165) is 0 Å². The lowest BCUT2D eigenvalue weighted by atomic mass is 10.0. The van der Waals surface area contributed by atoms with E-state index in [1.54, 1.807) is 12.1 Å². The molecule has 4 heteroatoms. The van der Waals surface area contributed by atoms with Gasteiger partial charge in [0, 0.05) is 5.56 Å². The van der Waals surface area contributed by atoms with Crippen LogP contribution < -0.4 is 0 Å². The van der Waals surface area contributed by atoms with E-state index in [4.69, 9.17) is 5.26 Å². The molecule has 1 aromatic carbocycles. The van der Waals surface area contributed by atoms with Gasteiger partial charge in [-0.15, -0.1) is 0 Å².